The van der Waals surface area contributed by atoms with Crippen molar-refractivity contribution in [3.63, 3.8) is 0 Å². The predicted molar refractivity (Wildman–Crippen MR) is 58.7 cm³/mol. The molecular weight excluding hydrogens is 188 g/mol. The molecule has 2 unspecified atom stereocenters. The molecule has 2 atom stereocenters. The smallest absolute Gasteiger partial charge is 0.307 e. The molecule has 0 aromatic rings. The highest BCUT2D eigenvalue weighted by Gasteiger charge is 2.38. The first-order valence-electron chi connectivity index (χ1n) is 4.60. The lowest BCUT2D eigenvalue weighted by atomic mass is 10.4. The van der Waals surface area contributed by atoms with Crippen LogP contribution < -0.4 is 4.98 Å². The standard InChI is InChI=1S/C8H21ClN2Si/c1-6-8(3)12(9,10-7-2)11(4)5/h8,10H,6-7H2,1-5H3. The summed E-state index contributed by atoms with van der Waals surface area (Å²) in [5.41, 5.74) is 0.578. The molecule has 0 saturated heterocycles. The average Bonchev–Trinajstić information content (AvgIpc) is 2.03. The predicted octanol–water partition coefficient (Wildman–Crippen LogP) is 2.14. The third-order valence-electron chi connectivity index (χ3n) is 2.34. The van der Waals surface area contributed by atoms with Crippen LogP contribution in [0.4, 0.5) is 0 Å². The fourth-order valence-electron chi connectivity index (χ4n) is 1.29. The summed E-state index contributed by atoms with van der Waals surface area (Å²) in [6.45, 7) is 7.48. The van der Waals surface area contributed by atoms with Crippen molar-refractivity contribution in [1.82, 2.24) is 9.55 Å². The van der Waals surface area contributed by atoms with Gasteiger partial charge in [0.15, 0.2) is 0 Å². The van der Waals surface area contributed by atoms with Gasteiger partial charge >= 0.3 is 7.71 Å². The second-order valence-corrected chi connectivity index (χ2v) is 8.72. The van der Waals surface area contributed by atoms with Gasteiger partial charge in [0.1, 0.15) is 0 Å². The van der Waals surface area contributed by atoms with Gasteiger partial charge in [-0.15, -0.1) is 11.1 Å². The molecular formula is C8H21ClN2Si. The van der Waals surface area contributed by atoms with Gasteiger partial charge in [0.2, 0.25) is 0 Å². The minimum absolute atomic E-state index is 0.578. The molecule has 0 radical (unpaired) electrons. The fraction of sp³-hybridized carbons (Fsp3) is 1.00. The van der Waals surface area contributed by atoms with Crippen LogP contribution in [-0.4, -0.2) is 32.9 Å². The Morgan fingerprint density at radius 1 is 1.42 bits per heavy atom. The van der Waals surface area contributed by atoms with Crippen molar-refractivity contribution < 1.29 is 0 Å². The van der Waals surface area contributed by atoms with Gasteiger partial charge in [-0.25, -0.2) is 0 Å². The lowest BCUT2D eigenvalue weighted by Gasteiger charge is -2.36. The SMILES string of the molecule is CCN[Si](Cl)(C(C)CC)N(C)C. The molecule has 0 amide bonds. The Kier molecular flexibility index (Phi) is 5.41. The van der Waals surface area contributed by atoms with E-state index in [1.54, 1.807) is 0 Å². The van der Waals surface area contributed by atoms with E-state index in [1.807, 2.05) is 0 Å². The van der Waals surface area contributed by atoms with E-state index in [9.17, 15) is 0 Å². The minimum Gasteiger partial charge on any atom is -0.313 e. The zero-order valence-corrected chi connectivity index (χ0v) is 10.6. The minimum atomic E-state index is -1.87. The molecule has 0 rings (SSSR count). The first-order valence-corrected chi connectivity index (χ1v) is 7.64. The van der Waals surface area contributed by atoms with Crippen molar-refractivity contribution in [3.8, 4) is 0 Å². The Morgan fingerprint density at radius 3 is 2.17 bits per heavy atom. The molecule has 1 N–H and O–H groups in total. The zero-order valence-electron chi connectivity index (χ0n) is 8.82. The Balaban J connectivity index is 4.37. The maximum absolute atomic E-state index is 6.58. The van der Waals surface area contributed by atoms with Crippen LogP contribution in [0.15, 0.2) is 0 Å². The van der Waals surface area contributed by atoms with Gasteiger partial charge in [-0.2, -0.15) is 0 Å². The molecule has 74 valence electrons. The van der Waals surface area contributed by atoms with E-state index in [0.29, 0.717) is 5.54 Å². The van der Waals surface area contributed by atoms with Crippen LogP contribution in [0.5, 0.6) is 0 Å². The summed E-state index contributed by atoms with van der Waals surface area (Å²) in [6.07, 6.45) is 1.14. The Hall–Kier alpha value is 0.427. The quantitative estimate of drug-likeness (QED) is 0.550. The molecule has 12 heavy (non-hydrogen) atoms. The van der Waals surface area contributed by atoms with E-state index in [-0.39, 0.29) is 0 Å². The van der Waals surface area contributed by atoms with E-state index < -0.39 is 7.71 Å². The van der Waals surface area contributed by atoms with Crippen LogP contribution in [0.1, 0.15) is 27.2 Å². The van der Waals surface area contributed by atoms with Gasteiger partial charge in [0, 0.05) is 0 Å². The van der Waals surface area contributed by atoms with Gasteiger partial charge in [0.25, 0.3) is 0 Å². The highest BCUT2D eigenvalue weighted by Crippen LogP contribution is 2.27. The van der Waals surface area contributed by atoms with Crippen LogP contribution in [-0.2, 0) is 0 Å². The number of halogens is 1. The molecule has 2 nitrogen and oxygen atoms in total. The maximum Gasteiger partial charge on any atom is 0.307 e. The van der Waals surface area contributed by atoms with E-state index >= 15 is 0 Å². The normalized spacial score (nSPS) is 19.2. The van der Waals surface area contributed by atoms with E-state index in [0.717, 1.165) is 13.0 Å². The van der Waals surface area contributed by atoms with Crippen LogP contribution >= 0.6 is 11.1 Å². The Bertz CT molecular complexity index is 132. The summed E-state index contributed by atoms with van der Waals surface area (Å²) < 4.78 is 2.17. The Labute approximate surface area is 82.2 Å². The lowest BCUT2D eigenvalue weighted by molar-refractivity contribution is 0.574. The molecule has 0 aliphatic carbocycles. The molecule has 0 saturated carbocycles. The van der Waals surface area contributed by atoms with Crippen molar-refractivity contribution in [2.75, 3.05) is 20.6 Å². The summed E-state index contributed by atoms with van der Waals surface area (Å²) >= 11 is 6.58. The molecule has 0 heterocycles. The first kappa shape index (κ1) is 12.4. The van der Waals surface area contributed by atoms with Crippen LogP contribution in [0, 0.1) is 0 Å². The summed E-state index contributed by atoms with van der Waals surface area (Å²) in [4.78, 5) is 3.44. The van der Waals surface area contributed by atoms with Crippen molar-refractivity contribution in [3.05, 3.63) is 0 Å². The van der Waals surface area contributed by atoms with Crippen molar-refractivity contribution >= 4 is 18.8 Å². The van der Waals surface area contributed by atoms with E-state index in [1.165, 1.54) is 0 Å². The van der Waals surface area contributed by atoms with Crippen molar-refractivity contribution in [2.45, 2.75) is 32.7 Å². The number of rotatable bonds is 5. The maximum atomic E-state index is 6.58. The zero-order chi connectivity index (χ0) is 9.78. The monoisotopic (exact) mass is 208 g/mol. The lowest BCUT2D eigenvalue weighted by Crippen LogP contribution is -2.59. The summed E-state index contributed by atoms with van der Waals surface area (Å²) in [6, 6.07) is 0. The van der Waals surface area contributed by atoms with E-state index in [4.69, 9.17) is 11.1 Å². The molecule has 0 aromatic heterocycles. The summed E-state index contributed by atoms with van der Waals surface area (Å²) in [5, 5.41) is 0. The summed E-state index contributed by atoms with van der Waals surface area (Å²) in [5.74, 6) is 0. The molecule has 4 heteroatoms. The van der Waals surface area contributed by atoms with Crippen LogP contribution in [0.25, 0.3) is 0 Å². The highest BCUT2D eigenvalue weighted by atomic mass is 35.6. The number of nitrogens with one attached hydrogen (secondary N) is 1. The molecule has 0 spiro atoms. The second-order valence-electron chi connectivity index (χ2n) is 3.41. The van der Waals surface area contributed by atoms with Crippen molar-refractivity contribution in [1.29, 1.82) is 0 Å². The molecule has 0 aliphatic heterocycles. The fourth-order valence-corrected chi connectivity index (χ4v) is 4.74. The number of nitrogens with zero attached hydrogens (tertiary/aromatic N) is 1. The highest BCUT2D eigenvalue weighted by molar-refractivity contribution is 7.17. The number of hydrogen-bond acceptors (Lipinski definition) is 2. The van der Waals surface area contributed by atoms with Gasteiger partial charge in [-0.05, 0) is 26.2 Å². The third-order valence-corrected chi connectivity index (χ3v) is 8.74. The molecule has 0 bridgehead atoms. The van der Waals surface area contributed by atoms with E-state index in [2.05, 4.69) is 44.4 Å². The van der Waals surface area contributed by atoms with Crippen LogP contribution in [0.2, 0.25) is 5.54 Å². The first-order chi connectivity index (χ1) is 5.49. The molecule has 0 fully saturated rings. The third kappa shape index (κ3) is 2.73. The molecule has 0 aromatic carbocycles. The van der Waals surface area contributed by atoms with Crippen LogP contribution in [0.3, 0.4) is 0 Å². The average molecular weight is 209 g/mol. The van der Waals surface area contributed by atoms with Gasteiger partial charge in [-0.3, -0.25) is 0 Å². The van der Waals surface area contributed by atoms with Gasteiger partial charge in [-0.1, -0.05) is 27.2 Å². The van der Waals surface area contributed by atoms with Gasteiger partial charge < -0.3 is 9.55 Å². The summed E-state index contributed by atoms with van der Waals surface area (Å²) in [7, 11) is 2.25. The number of hydrogen-bond donors (Lipinski definition) is 1. The van der Waals surface area contributed by atoms with Crippen molar-refractivity contribution in [2.24, 2.45) is 0 Å². The van der Waals surface area contributed by atoms with Gasteiger partial charge in [0.05, 0.1) is 0 Å². The largest absolute Gasteiger partial charge is 0.313 e. The molecule has 0 aliphatic rings. The second kappa shape index (κ2) is 5.22. The topological polar surface area (TPSA) is 15.3 Å². The Morgan fingerprint density at radius 2 is 1.92 bits per heavy atom.